The third-order valence-electron chi connectivity index (χ3n) is 6.33. The number of piperidine rings is 1. The molecule has 0 aliphatic carbocycles. The van der Waals surface area contributed by atoms with E-state index in [4.69, 9.17) is 5.21 Å². The summed E-state index contributed by atoms with van der Waals surface area (Å²) in [6.45, 7) is 8.55. The van der Waals surface area contributed by atoms with Crippen LogP contribution in [0.1, 0.15) is 37.4 Å². The van der Waals surface area contributed by atoms with Crippen LogP contribution in [0.4, 0.5) is 5.95 Å². The number of rotatable bonds is 8. The molecule has 0 unspecified atom stereocenters. The Balaban J connectivity index is 1.39. The van der Waals surface area contributed by atoms with Crippen LogP contribution in [0.15, 0.2) is 43.2 Å². The van der Waals surface area contributed by atoms with Gasteiger partial charge in [-0.15, -0.1) is 0 Å². The molecule has 0 bridgehead atoms. The van der Waals surface area contributed by atoms with E-state index in [1.54, 1.807) is 12.4 Å². The molecule has 1 saturated heterocycles. The number of para-hydroxylation sites is 1. The summed E-state index contributed by atoms with van der Waals surface area (Å²) >= 11 is 0. The highest BCUT2D eigenvalue weighted by atomic mass is 16.5. The summed E-state index contributed by atoms with van der Waals surface area (Å²) in [5, 5.41) is 14.8. The van der Waals surface area contributed by atoms with Gasteiger partial charge in [-0.2, -0.15) is 5.10 Å². The van der Waals surface area contributed by atoms with Crippen LogP contribution in [-0.4, -0.2) is 55.4 Å². The highest BCUT2D eigenvalue weighted by Gasteiger charge is 2.25. The van der Waals surface area contributed by atoms with E-state index >= 15 is 0 Å². The Hall–Kier alpha value is -3.46. The van der Waals surface area contributed by atoms with Crippen LogP contribution >= 0.6 is 0 Å². The number of carbonyl (C=O) groups excluding carboxylic acids is 1. The molecule has 1 amide bonds. The first-order valence-electron chi connectivity index (χ1n) is 11.3. The maximum absolute atomic E-state index is 12.8. The molecule has 9 nitrogen and oxygen atoms in total. The number of anilines is 1. The molecule has 2 aromatic heterocycles. The molecular weight excluding hydrogens is 418 g/mol. The van der Waals surface area contributed by atoms with Gasteiger partial charge in [-0.3, -0.25) is 20.2 Å². The van der Waals surface area contributed by atoms with E-state index in [2.05, 4.69) is 38.7 Å². The summed E-state index contributed by atoms with van der Waals surface area (Å²) < 4.78 is 1.88. The molecule has 0 saturated carbocycles. The molecule has 9 heteroatoms. The van der Waals surface area contributed by atoms with Crippen molar-refractivity contribution in [1.82, 2.24) is 30.1 Å². The van der Waals surface area contributed by atoms with Crippen molar-refractivity contribution in [2.45, 2.75) is 32.7 Å². The van der Waals surface area contributed by atoms with Crippen LogP contribution in [0.5, 0.6) is 0 Å². The van der Waals surface area contributed by atoms with Gasteiger partial charge in [0, 0.05) is 56.4 Å². The molecule has 0 atom stereocenters. The Morgan fingerprint density at radius 2 is 1.94 bits per heavy atom. The van der Waals surface area contributed by atoms with E-state index in [-0.39, 0.29) is 5.91 Å². The molecule has 33 heavy (non-hydrogen) atoms. The molecule has 0 radical (unpaired) electrons. The smallest absolute Gasteiger partial charge is 0.225 e. The van der Waals surface area contributed by atoms with Crippen molar-refractivity contribution in [3.63, 3.8) is 0 Å². The van der Waals surface area contributed by atoms with Gasteiger partial charge in [0.2, 0.25) is 11.9 Å². The zero-order valence-electron chi connectivity index (χ0n) is 19.2. The number of aryl methyl sites for hydroxylation is 1. The number of hydrogen-bond donors (Lipinski definition) is 2. The third kappa shape index (κ3) is 4.98. The summed E-state index contributed by atoms with van der Waals surface area (Å²) in [5.41, 5.74) is 5.05. The fraction of sp³-hybridized carbons (Fsp3) is 0.417. The Bertz CT molecular complexity index is 1120. The second kappa shape index (κ2) is 9.99. The number of hydrogen-bond acceptors (Lipinski definition) is 7. The molecule has 3 heterocycles. The SMILES string of the molecule is C=C(NO)c1cnc(N2CCC(CN(Cc3nn(C)c4ccccc34)C(=O)CC)CC2)nc1. The normalized spacial score (nSPS) is 14.5. The summed E-state index contributed by atoms with van der Waals surface area (Å²) in [6, 6.07) is 8.15. The maximum atomic E-state index is 12.8. The minimum Gasteiger partial charge on any atom is -0.341 e. The van der Waals surface area contributed by atoms with Gasteiger partial charge >= 0.3 is 0 Å². The average molecular weight is 450 g/mol. The highest BCUT2D eigenvalue weighted by Crippen LogP contribution is 2.24. The van der Waals surface area contributed by atoms with Crippen LogP contribution in [0.3, 0.4) is 0 Å². The predicted octanol–water partition coefficient (Wildman–Crippen LogP) is 2.97. The van der Waals surface area contributed by atoms with Gasteiger partial charge in [-0.25, -0.2) is 9.97 Å². The largest absolute Gasteiger partial charge is 0.341 e. The molecule has 174 valence electrons. The monoisotopic (exact) mass is 449 g/mol. The summed E-state index contributed by atoms with van der Waals surface area (Å²) in [4.78, 5) is 25.7. The molecule has 2 N–H and O–H groups in total. The van der Waals surface area contributed by atoms with Gasteiger partial charge in [0.15, 0.2) is 0 Å². The van der Waals surface area contributed by atoms with E-state index in [1.165, 1.54) is 0 Å². The van der Waals surface area contributed by atoms with Crippen LogP contribution in [-0.2, 0) is 18.4 Å². The first-order chi connectivity index (χ1) is 16.0. The van der Waals surface area contributed by atoms with Gasteiger partial charge in [0.25, 0.3) is 0 Å². The molecule has 0 spiro atoms. The second-order valence-corrected chi connectivity index (χ2v) is 8.51. The van der Waals surface area contributed by atoms with Crippen molar-refractivity contribution in [1.29, 1.82) is 0 Å². The van der Waals surface area contributed by atoms with Gasteiger partial charge in [-0.1, -0.05) is 31.7 Å². The minimum absolute atomic E-state index is 0.156. The molecule has 1 fully saturated rings. The fourth-order valence-corrected chi connectivity index (χ4v) is 4.40. The Kier molecular flexibility index (Phi) is 6.88. The number of hydroxylamine groups is 1. The number of benzene rings is 1. The van der Waals surface area contributed by atoms with Crippen molar-refractivity contribution < 1.29 is 10.0 Å². The molecule has 1 aromatic carbocycles. The third-order valence-corrected chi connectivity index (χ3v) is 6.33. The zero-order chi connectivity index (χ0) is 23.4. The van der Waals surface area contributed by atoms with Crippen molar-refractivity contribution >= 4 is 28.5 Å². The van der Waals surface area contributed by atoms with E-state index in [9.17, 15) is 4.79 Å². The fourth-order valence-electron chi connectivity index (χ4n) is 4.40. The second-order valence-electron chi connectivity index (χ2n) is 8.51. The van der Waals surface area contributed by atoms with E-state index in [1.807, 2.05) is 41.2 Å². The zero-order valence-corrected chi connectivity index (χ0v) is 19.2. The van der Waals surface area contributed by atoms with Crippen molar-refractivity contribution in [2.24, 2.45) is 13.0 Å². The van der Waals surface area contributed by atoms with E-state index in [0.717, 1.165) is 49.1 Å². The lowest BCUT2D eigenvalue weighted by Gasteiger charge is -2.34. The first kappa shape index (κ1) is 22.7. The quantitative estimate of drug-likeness (QED) is 0.510. The number of nitrogens with one attached hydrogen (secondary N) is 1. The van der Waals surface area contributed by atoms with Crippen molar-refractivity contribution in [3.8, 4) is 0 Å². The highest BCUT2D eigenvalue weighted by molar-refractivity contribution is 5.82. The topological polar surface area (TPSA) is 99.4 Å². The Morgan fingerprint density at radius 3 is 2.61 bits per heavy atom. The molecule has 1 aliphatic rings. The number of nitrogens with zero attached hydrogens (tertiary/aromatic N) is 6. The summed E-state index contributed by atoms with van der Waals surface area (Å²) in [7, 11) is 1.94. The van der Waals surface area contributed by atoms with Crippen LogP contribution < -0.4 is 10.4 Å². The molecule has 4 rings (SSSR count). The number of aromatic nitrogens is 4. The van der Waals surface area contributed by atoms with Gasteiger partial charge in [0.05, 0.1) is 23.5 Å². The maximum Gasteiger partial charge on any atom is 0.225 e. The Labute approximate surface area is 193 Å². The minimum atomic E-state index is 0.156. The van der Waals surface area contributed by atoms with Gasteiger partial charge in [-0.05, 0) is 24.8 Å². The van der Waals surface area contributed by atoms with Crippen molar-refractivity contribution in [3.05, 3.63) is 54.5 Å². The van der Waals surface area contributed by atoms with E-state index < -0.39 is 0 Å². The van der Waals surface area contributed by atoms with E-state index in [0.29, 0.717) is 36.1 Å². The predicted molar refractivity (Wildman–Crippen MR) is 127 cm³/mol. The van der Waals surface area contributed by atoms with Gasteiger partial charge < -0.3 is 9.80 Å². The first-order valence-corrected chi connectivity index (χ1v) is 11.3. The van der Waals surface area contributed by atoms with Crippen LogP contribution in [0.25, 0.3) is 16.6 Å². The number of carbonyl (C=O) groups is 1. The van der Waals surface area contributed by atoms with Crippen molar-refractivity contribution in [2.75, 3.05) is 24.5 Å². The lowest BCUT2D eigenvalue weighted by Crippen LogP contribution is -2.41. The number of fused-ring (bicyclic) bond motifs is 1. The molecule has 3 aromatic rings. The number of amides is 1. The Morgan fingerprint density at radius 1 is 1.24 bits per heavy atom. The molecular formula is C24H31N7O2. The standard InChI is InChI=1S/C24H31N7O2/c1-4-23(32)31(16-21-20-7-5-6-8-22(20)29(3)27-21)15-18-9-11-30(12-10-18)24-25-13-19(14-26-24)17(2)28-33/h5-8,13-14,18,28,33H,2,4,9-12,15-16H2,1,3H3. The average Bonchev–Trinajstić information content (AvgIpc) is 3.18. The summed E-state index contributed by atoms with van der Waals surface area (Å²) in [6.07, 6.45) is 5.72. The lowest BCUT2D eigenvalue weighted by atomic mass is 9.96. The summed E-state index contributed by atoms with van der Waals surface area (Å²) in [5.74, 6) is 1.25. The van der Waals surface area contributed by atoms with Crippen LogP contribution in [0.2, 0.25) is 0 Å². The van der Waals surface area contributed by atoms with Crippen LogP contribution in [0, 0.1) is 5.92 Å². The van der Waals surface area contributed by atoms with Gasteiger partial charge in [0.1, 0.15) is 0 Å². The lowest BCUT2D eigenvalue weighted by molar-refractivity contribution is -0.132. The molecule has 1 aliphatic heterocycles.